The number of hydrogen-bond acceptors (Lipinski definition) is 9. The lowest BCUT2D eigenvalue weighted by Gasteiger charge is -2.29. The van der Waals surface area contributed by atoms with Gasteiger partial charge in [0.25, 0.3) is 0 Å². The maximum Gasteiger partial charge on any atom is 0.339 e. The molecular weight excluding hydrogens is 609 g/mol. The molecule has 1 atom stereocenters. The number of benzene rings is 3. The number of ether oxygens (including phenoxy) is 2. The zero-order valence-corrected chi connectivity index (χ0v) is 28.7. The molecule has 0 aliphatic carbocycles. The molecule has 0 saturated heterocycles. The highest BCUT2D eigenvalue weighted by Crippen LogP contribution is 2.55. The molecule has 0 heterocycles. The van der Waals surface area contributed by atoms with Gasteiger partial charge in [-0.1, -0.05) is 72.8 Å². The Kier molecular flexibility index (Phi) is 13.1. The molecule has 0 N–H and O–H groups in total. The Morgan fingerprint density at radius 1 is 0.739 bits per heavy atom. The molecule has 250 valence electrons. The summed E-state index contributed by atoms with van der Waals surface area (Å²) in [6.07, 6.45) is 0.339. The third-order valence-corrected chi connectivity index (χ3v) is 9.31. The first-order valence-corrected chi connectivity index (χ1v) is 16.9. The van der Waals surface area contributed by atoms with Crippen molar-refractivity contribution in [1.82, 2.24) is 5.06 Å². The van der Waals surface area contributed by atoms with Crippen LogP contribution in [0.2, 0.25) is 0 Å². The van der Waals surface area contributed by atoms with Gasteiger partial charge < -0.3 is 9.47 Å². The third kappa shape index (κ3) is 11.4. The van der Waals surface area contributed by atoms with Crippen molar-refractivity contribution in [2.24, 2.45) is 10.8 Å². The summed E-state index contributed by atoms with van der Waals surface area (Å²) in [6.45, 7) is 10.4. The minimum atomic E-state index is -4.18. The number of fused-ring (bicyclic) bond motifs is 1. The number of nitrogens with zero attached hydrogens (tertiary/aromatic N) is 1. The van der Waals surface area contributed by atoms with E-state index in [1.165, 1.54) is 12.0 Å². The van der Waals surface area contributed by atoms with Crippen molar-refractivity contribution in [3.8, 4) is 0 Å². The second kappa shape index (κ2) is 16.3. The normalized spacial score (nSPS) is 12.8. The van der Waals surface area contributed by atoms with Crippen LogP contribution in [0.25, 0.3) is 10.8 Å². The summed E-state index contributed by atoms with van der Waals surface area (Å²) in [6, 6.07) is 23.1. The van der Waals surface area contributed by atoms with Crippen LogP contribution in [0, 0.1) is 10.8 Å². The minimum Gasteiger partial charge on any atom is -0.438 e. The van der Waals surface area contributed by atoms with Gasteiger partial charge in [-0.25, -0.2) is 5.06 Å². The van der Waals surface area contributed by atoms with Gasteiger partial charge in [0, 0.05) is 13.5 Å². The minimum absolute atomic E-state index is 0.0562. The van der Waals surface area contributed by atoms with Gasteiger partial charge in [-0.05, 0) is 76.3 Å². The lowest BCUT2D eigenvalue weighted by molar-refractivity contribution is -0.189. The number of rotatable bonds is 15. The fraction of sp³-hybridized carbons (Fsp3) is 0.457. The highest BCUT2D eigenvalue weighted by molar-refractivity contribution is 7.54. The van der Waals surface area contributed by atoms with Crippen molar-refractivity contribution in [2.75, 3.05) is 20.1 Å². The monoisotopic (exact) mass is 655 g/mol. The second-order valence-electron chi connectivity index (χ2n) is 13.1. The van der Waals surface area contributed by atoms with Crippen molar-refractivity contribution in [1.29, 1.82) is 0 Å². The Bertz CT molecular complexity index is 1480. The number of amides is 1. The summed E-state index contributed by atoms with van der Waals surface area (Å²) >= 11 is 0. The van der Waals surface area contributed by atoms with Crippen molar-refractivity contribution >= 4 is 36.2 Å². The van der Waals surface area contributed by atoms with Crippen LogP contribution < -0.4 is 0 Å². The maximum absolute atomic E-state index is 14.6. The number of hydrogen-bond donors (Lipinski definition) is 0. The predicted molar refractivity (Wildman–Crippen MR) is 175 cm³/mol. The molecule has 3 aromatic carbocycles. The van der Waals surface area contributed by atoms with Crippen molar-refractivity contribution in [3.05, 3.63) is 83.9 Å². The van der Waals surface area contributed by atoms with Crippen LogP contribution in [0.1, 0.15) is 66.0 Å². The first kappa shape index (κ1) is 36.9. The van der Waals surface area contributed by atoms with Gasteiger partial charge in [0.2, 0.25) is 19.5 Å². The molecular formula is C35H46NO9P. The van der Waals surface area contributed by atoms with Gasteiger partial charge in [-0.3, -0.25) is 32.8 Å². The molecule has 0 bridgehead atoms. The van der Waals surface area contributed by atoms with E-state index in [9.17, 15) is 18.9 Å². The molecule has 0 fully saturated rings. The van der Waals surface area contributed by atoms with E-state index in [1.807, 2.05) is 72.8 Å². The topological polar surface area (TPSA) is 118 Å². The Morgan fingerprint density at radius 2 is 1.28 bits per heavy atom. The van der Waals surface area contributed by atoms with Crippen LogP contribution >= 0.6 is 7.60 Å². The van der Waals surface area contributed by atoms with Gasteiger partial charge in [-0.2, -0.15) is 0 Å². The molecule has 0 saturated carbocycles. The standard InChI is InChI=1S/C35H46NO9P/c1-26(37)36(43-23-27-13-9-8-10-14-27)20-19-31(22-28-17-18-29-15-11-12-16-30(29)21-28)46(40,44-24-41-32(38)34(2,3)4)45-25-42-33(39)35(5,6)7/h8-18,21,31H,19-20,22-25H2,1-7H3. The molecule has 0 radical (unpaired) electrons. The second-order valence-corrected chi connectivity index (χ2v) is 15.4. The SMILES string of the molecule is CC(=O)N(CCC(Cc1ccc2ccccc2c1)P(=O)(OCOC(=O)C(C)(C)C)OCOC(=O)C(C)(C)C)OCc1ccccc1. The third-order valence-electron chi connectivity index (χ3n) is 7.05. The van der Waals surface area contributed by atoms with E-state index >= 15 is 0 Å². The maximum atomic E-state index is 14.6. The van der Waals surface area contributed by atoms with Gasteiger partial charge in [0.15, 0.2) is 0 Å². The van der Waals surface area contributed by atoms with Gasteiger partial charge in [0.05, 0.1) is 16.5 Å². The molecule has 0 aliphatic heterocycles. The molecule has 3 rings (SSSR count). The van der Waals surface area contributed by atoms with Gasteiger partial charge in [0.1, 0.15) is 6.61 Å². The van der Waals surface area contributed by atoms with Crippen LogP contribution in [0.3, 0.4) is 0 Å². The summed E-state index contributed by atoms with van der Waals surface area (Å²) in [5.41, 5.74) is -0.773. The van der Waals surface area contributed by atoms with Crippen molar-refractivity contribution in [3.63, 3.8) is 0 Å². The average molecular weight is 656 g/mol. The average Bonchev–Trinajstić information content (AvgIpc) is 2.99. The molecule has 10 nitrogen and oxygen atoms in total. The van der Waals surface area contributed by atoms with E-state index in [2.05, 4.69) is 0 Å². The molecule has 0 aliphatic rings. The van der Waals surface area contributed by atoms with Crippen LogP contribution in [0.15, 0.2) is 72.8 Å². The Balaban J connectivity index is 1.90. The first-order chi connectivity index (χ1) is 21.6. The van der Waals surface area contributed by atoms with E-state index in [1.54, 1.807) is 41.5 Å². The lowest BCUT2D eigenvalue weighted by atomic mass is 9.98. The van der Waals surface area contributed by atoms with E-state index in [0.717, 1.165) is 21.9 Å². The molecule has 1 amide bonds. The zero-order chi connectivity index (χ0) is 34.0. The Hall–Kier alpha value is -3.56. The fourth-order valence-electron chi connectivity index (χ4n) is 4.30. The van der Waals surface area contributed by atoms with Crippen LogP contribution in [-0.2, 0) is 55.3 Å². The Morgan fingerprint density at radius 3 is 1.83 bits per heavy atom. The number of hydroxylamine groups is 2. The van der Waals surface area contributed by atoms with Gasteiger partial charge >= 0.3 is 19.5 Å². The smallest absolute Gasteiger partial charge is 0.339 e. The molecule has 11 heteroatoms. The number of carbonyl (C=O) groups excluding carboxylic acids is 3. The first-order valence-electron chi connectivity index (χ1n) is 15.2. The fourth-order valence-corrected chi connectivity index (χ4v) is 6.06. The molecule has 0 spiro atoms. The van der Waals surface area contributed by atoms with Crippen LogP contribution in [0.5, 0.6) is 0 Å². The summed E-state index contributed by atoms with van der Waals surface area (Å²) < 4.78 is 36.7. The largest absolute Gasteiger partial charge is 0.438 e. The van der Waals surface area contributed by atoms with E-state index < -0.39 is 49.6 Å². The van der Waals surface area contributed by atoms with E-state index in [0.29, 0.717) is 0 Å². The van der Waals surface area contributed by atoms with Crippen molar-refractivity contribution < 1.29 is 42.3 Å². The Labute approximate surface area is 271 Å². The molecule has 3 aromatic rings. The van der Waals surface area contributed by atoms with Crippen molar-refractivity contribution in [2.45, 2.75) is 73.6 Å². The lowest BCUT2D eigenvalue weighted by Crippen LogP contribution is -2.33. The zero-order valence-electron chi connectivity index (χ0n) is 27.8. The molecule has 0 aromatic heterocycles. The van der Waals surface area contributed by atoms with Crippen LogP contribution in [0.4, 0.5) is 0 Å². The molecule has 46 heavy (non-hydrogen) atoms. The summed E-state index contributed by atoms with van der Waals surface area (Å²) in [5, 5.41) is 3.24. The quantitative estimate of drug-likeness (QED) is 0.0712. The number of esters is 2. The van der Waals surface area contributed by atoms with E-state index in [4.69, 9.17) is 23.4 Å². The highest BCUT2D eigenvalue weighted by Gasteiger charge is 2.39. The predicted octanol–water partition coefficient (Wildman–Crippen LogP) is 7.44. The summed E-state index contributed by atoms with van der Waals surface area (Å²) in [5.74, 6) is -1.45. The summed E-state index contributed by atoms with van der Waals surface area (Å²) in [4.78, 5) is 43.3. The highest BCUT2D eigenvalue weighted by atomic mass is 31.2. The van der Waals surface area contributed by atoms with Crippen LogP contribution in [-0.4, -0.2) is 48.7 Å². The molecule has 1 unspecified atom stereocenters. The number of carbonyl (C=O) groups is 3. The van der Waals surface area contributed by atoms with E-state index in [-0.39, 0.29) is 31.9 Å². The summed E-state index contributed by atoms with van der Waals surface area (Å²) in [7, 11) is -4.18. The van der Waals surface area contributed by atoms with Gasteiger partial charge in [-0.15, -0.1) is 0 Å².